The summed E-state index contributed by atoms with van der Waals surface area (Å²) in [5.74, 6) is 0.689. The van der Waals surface area contributed by atoms with Gasteiger partial charge in [-0.3, -0.25) is 4.99 Å². The molecule has 98 valence electrons. The Balaban J connectivity index is 0. The van der Waals surface area contributed by atoms with Gasteiger partial charge >= 0.3 is 0 Å². The van der Waals surface area contributed by atoms with Crippen molar-refractivity contribution in [2.75, 3.05) is 19.6 Å². The van der Waals surface area contributed by atoms with Gasteiger partial charge in [0.15, 0.2) is 5.96 Å². The van der Waals surface area contributed by atoms with Crippen molar-refractivity contribution in [2.45, 2.75) is 47.5 Å². The van der Waals surface area contributed by atoms with Gasteiger partial charge in [-0.05, 0) is 32.1 Å². The average molecular weight is 341 g/mol. The summed E-state index contributed by atoms with van der Waals surface area (Å²) >= 11 is 0. The summed E-state index contributed by atoms with van der Waals surface area (Å²) in [5, 5.41) is 0. The predicted octanol–water partition coefficient (Wildman–Crippen LogP) is 3.09. The van der Waals surface area contributed by atoms with Crippen LogP contribution in [0.3, 0.4) is 0 Å². The van der Waals surface area contributed by atoms with Crippen LogP contribution in [-0.2, 0) is 0 Å². The summed E-state index contributed by atoms with van der Waals surface area (Å²) in [4.78, 5) is 6.47. The molecule has 0 radical (unpaired) electrons. The minimum atomic E-state index is 0. The number of guanidine groups is 1. The molecule has 0 unspecified atom stereocenters. The van der Waals surface area contributed by atoms with Crippen molar-refractivity contribution >= 4 is 29.9 Å². The van der Waals surface area contributed by atoms with Crippen LogP contribution in [0.2, 0.25) is 0 Å². The van der Waals surface area contributed by atoms with Crippen molar-refractivity contribution in [3.63, 3.8) is 0 Å². The van der Waals surface area contributed by atoms with E-state index in [1.54, 1.807) is 0 Å². The molecule has 0 aromatic rings. The third kappa shape index (κ3) is 9.24. The van der Waals surface area contributed by atoms with E-state index in [0.717, 1.165) is 26.1 Å². The highest BCUT2D eigenvalue weighted by atomic mass is 127. The Labute approximate surface area is 118 Å². The number of aliphatic imine (C=N–C) groups is 1. The van der Waals surface area contributed by atoms with Gasteiger partial charge in [0.1, 0.15) is 0 Å². The highest BCUT2D eigenvalue weighted by Gasteiger charge is 2.09. The first-order valence-electron chi connectivity index (χ1n) is 5.95. The highest BCUT2D eigenvalue weighted by Crippen LogP contribution is 2.20. The van der Waals surface area contributed by atoms with Crippen LogP contribution in [0.1, 0.15) is 47.5 Å². The zero-order chi connectivity index (χ0) is 11.9. The monoisotopic (exact) mass is 341 g/mol. The second-order valence-electron chi connectivity index (χ2n) is 5.08. The molecule has 0 aromatic carbocycles. The molecule has 0 rings (SSSR count). The number of hydrogen-bond acceptors (Lipinski definition) is 1. The summed E-state index contributed by atoms with van der Waals surface area (Å²) in [6.07, 6.45) is 2.31. The summed E-state index contributed by atoms with van der Waals surface area (Å²) in [6, 6.07) is 0. The molecule has 0 bridgehead atoms. The standard InChI is InChI=1S/C12H27N3.HI/c1-6-15(7-2)11(13)14-10-8-9-12(3,4)5;/h6-10H2,1-5H3,(H2,13,14);1H. The van der Waals surface area contributed by atoms with E-state index in [1.165, 1.54) is 6.42 Å². The van der Waals surface area contributed by atoms with E-state index in [4.69, 9.17) is 5.73 Å². The van der Waals surface area contributed by atoms with Crippen molar-refractivity contribution in [1.29, 1.82) is 0 Å². The van der Waals surface area contributed by atoms with Crippen molar-refractivity contribution in [1.82, 2.24) is 4.90 Å². The van der Waals surface area contributed by atoms with E-state index in [0.29, 0.717) is 11.4 Å². The Kier molecular flexibility index (Phi) is 10.4. The number of hydrogen-bond donors (Lipinski definition) is 1. The van der Waals surface area contributed by atoms with E-state index in [9.17, 15) is 0 Å². The van der Waals surface area contributed by atoms with Crippen molar-refractivity contribution in [2.24, 2.45) is 16.1 Å². The second-order valence-corrected chi connectivity index (χ2v) is 5.08. The molecular weight excluding hydrogens is 313 g/mol. The summed E-state index contributed by atoms with van der Waals surface area (Å²) in [5.41, 5.74) is 6.27. The lowest BCUT2D eigenvalue weighted by atomic mass is 9.91. The van der Waals surface area contributed by atoms with Gasteiger partial charge in [-0.2, -0.15) is 0 Å². The van der Waals surface area contributed by atoms with Crippen molar-refractivity contribution < 1.29 is 0 Å². The molecule has 0 aliphatic heterocycles. The highest BCUT2D eigenvalue weighted by molar-refractivity contribution is 14.0. The number of halogens is 1. The molecule has 0 aliphatic carbocycles. The molecule has 0 spiro atoms. The van der Waals surface area contributed by atoms with Crippen LogP contribution in [0.25, 0.3) is 0 Å². The molecule has 16 heavy (non-hydrogen) atoms. The van der Waals surface area contributed by atoms with Gasteiger partial charge in [0.25, 0.3) is 0 Å². The van der Waals surface area contributed by atoms with Crippen LogP contribution in [0.15, 0.2) is 4.99 Å². The van der Waals surface area contributed by atoms with E-state index >= 15 is 0 Å². The van der Waals surface area contributed by atoms with Gasteiger partial charge in [-0.15, -0.1) is 24.0 Å². The molecule has 0 heterocycles. The van der Waals surface area contributed by atoms with Crippen molar-refractivity contribution in [3.05, 3.63) is 0 Å². The summed E-state index contributed by atoms with van der Waals surface area (Å²) in [6.45, 7) is 13.7. The first-order valence-corrected chi connectivity index (χ1v) is 5.95. The lowest BCUT2D eigenvalue weighted by molar-refractivity contribution is 0.367. The maximum atomic E-state index is 5.86. The fraction of sp³-hybridized carbons (Fsp3) is 0.917. The zero-order valence-electron chi connectivity index (χ0n) is 11.4. The van der Waals surface area contributed by atoms with E-state index in [2.05, 4.69) is 44.5 Å². The normalized spacial score (nSPS) is 12.2. The molecule has 0 fully saturated rings. The molecule has 0 aliphatic rings. The Bertz CT molecular complexity index is 193. The van der Waals surface area contributed by atoms with Gasteiger partial charge in [0, 0.05) is 19.6 Å². The molecule has 0 aromatic heterocycles. The fourth-order valence-electron chi connectivity index (χ4n) is 1.45. The minimum absolute atomic E-state index is 0. The minimum Gasteiger partial charge on any atom is -0.370 e. The van der Waals surface area contributed by atoms with Crippen LogP contribution in [0.4, 0.5) is 0 Å². The lowest BCUT2D eigenvalue weighted by Crippen LogP contribution is -2.37. The van der Waals surface area contributed by atoms with Gasteiger partial charge in [-0.25, -0.2) is 0 Å². The number of rotatable bonds is 5. The van der Waals surface area contributed by atoms with Crippen LogP contribution >= 0.6 is 24.0 Å². The quantitative estimate of drug-likeness (QED) is 0.361. The largest absolute Gasteiger partial charge is 0.370 e. The predicted molar refractivity (Wildman–Crippen MR) is 83.5 cm³/mol. The number of nitrogens with two attached hydrogens (primary N) is 1. The summed E-state index contributed by atoms with van der Waals surface area (Å²) < 4.78 is 0. The molecular formula is C12H28IN3. The van der Waals surface area contributed by atoms with Gasteiger partial charge in [0.05, 0.1) is 0 Å². The first-order chi connectivity index (χ1) is 6.90. The third-order valence-corrected chi connectivity index (χ3v) is 2.45. The average Bonchev–Trinajstić information content (AvgIpc) is 2.13. The molecule has 2 N–H and O–H groups in total. The lowest BCUT2D eigenvalue weighted by Gasteiger charge is -2.20. The maximum absolute atomic E-state index is 5.86. The van der Waals surface area contributed by atoms with Gasteiger partial charge in [-0.1, -0.05) is 20.8 Å². The Morgan fingerprint density at radius 3 is 2.06 bits per heavy atom. The SMILES string of the molecule is CCN(CC)C(N)=NCCCC(C)(C)C.I. The summed E-state index contributed by atoms with van der Waals surface area (Å²) in [7, 11) is 0. The topological polar surface area (TPSA) is 41.6 Å². The first kappa shape index (κ1) is 18.4. The van der Waals surface area contributed by atoms with Crippen LogP contribution in [-0.4, -0.2) is 30.5 Å². The van der Waals surface area contributed by atoms with Gasteiger partial charge in [0.2, 0.25) is 0 Å². The van der Waals surface area contributed by atoms with Crippen molar-refractivity contribution in [3.8, 4) is 0 Å². The second kappa shape index (κ2) is 9.07. The maximum Gasteiger partial charge on any atom is 0.191 e. The van der Waals surface area contributed by atoms with E-state index < -0.39 is 0 Å². The van der Waals surface area contributed by atoms with E-state index in [-0.39, 0.29) is 24.0 Å². The molecule has 0 atom stereocenters. The molecule has 0 saturated carbocycles. The molecule has 0 saturated heterocycles. The zero-order valence-corrected chi connectivity index (χ0v) is 13.7. The Morgan fingerprint density at radius 1 is 1.19 bits per heavy atom. The van der Waals surface area contributed by atoms with Gasteiger partial charge < -0.3 is 10.6 Å². The van der Waals surface area contributed by atoms with Crippen LogP contribution < -0.4 is 5.73 Å². The number of nitrogens with zero attached hydrogens (tertiary/aromatic N) is 2. The molecule has 3 nitrogen and oxygen atoms in total. The Hall–Kier alpha value is 0. The van der Waals surface area contributed by atoms with Crippen LogP contribution in [0, 0.1) is 5.41 Å². The Morgan fingerprint density at radius 2 is 1.69 bits per heavy atom. The van der Waals surface area contributed by atoms with Crippen LogP contribution in [0.5, 0.6) is 0 Å². The smallest absolute Gasteiger partial charge is 0.191 e. The third-order valence-electron chi connectivity index (χ3n) is 2.45. The molecule has 0 amide bonds. The van der Waals surface area contributed by atoms with E-state index in [1.807, 2.05) is 0 Å². The fourth-order valence-corrected chi connectivity index (χ4v) is 1.45. The molecule has 4 heteroatoms.